The third-order valence-corrected chi connectivity index (χ3v) is 7.51. The molecule has 0 amide bonds. The Kier molecular flexibility index (Phi) is 4.80. The van der Waals surface area contributed by atoms with Gasteiger partial charge in [-0.25, -0.2) is 15.0 Å². The number of rotatable bonds is 3. The van der Waals surface area contributed by atoms with Crippen molar-refractivity contribution in [1.82, 2.24) is 15.0 Å². The van der Waals surface area contributed by atoms with E-state index < -0.39 is 0 Å². The van der Waals surface area contributed by atoms with E-state index in [2.05, 4.69) is 68.4 Å². The molecular formula is C34H25N3. The predicted molar refractivity (Wildman–Crippen MR) is 151 cm³/mol. The smallest absolute Gasteiger partial charge is 0.164 e. The van der Waals surface area contributed by atoms with E-state index in [4.69, 9.17) is 15.0 Å². The minimum atomic E-state index is -0.123. The summed E-state index contributed by atoms with van der Waals surface area (Å²) < 4.78 is 0. The molecule has 0 saturated carbocycles. The van der Waals surface area contributed by atoms with Crippen molar-refractivity contribution in [3.8, 4) is 45.3 Å². The van der Waals surface area contributed by atoms with E-state index in [1.54, 1.807) is 0 Å². The number of aromatic nitrogens is 3. The Morgan fingerprint density at radius 3 is 1.62 bits per heavy atom. The fraction of sp³-hybridized carbons (Fsp3) is 0.0882. The van der Waals surface area contributed by atoms with Gasteiger partial charge in [-0.1, -0.05) is 117 Å². The van der Waals surface area contributed by atoms with Crippen LogP contribution in [0.3, 0.4) is 0 Å². The molecule has 3 nitrogen and oxygen atoms in total. The van der Waals surface area contributed by atoms with Gasteiger partial charge in [-0.05, 0) is 45.2 Å². The van der Waals surface area contributed by atoms with Crippen LogP contribution in [-0.4, -0.2) is 15.0 Å². The second kappa shape index (κ2) is 8.21. The van der Waals surface area contributed by atoms with E-state index in [1.165, 1.54) is 33.0 Å². The Morgan fingerprint density at radius 1 is 0.459 bits per heavy atom. The summed E-state index contributed by atoms with van der Waals surface area (Å²) in [4.78, 5) is 15.0. The summed E-state index contributed by atoms with van der Waals surface area (Å²) in [5, 5.41) is 2.51. The molecule has 0 aliphatic heterocycles. The molecule has 7 rings (SSSR count). The fourth-order valence-electron chi connectivity index (χ4n) is 5.59. The molecular weight excluding hydrogens is 450 g/mol. The van der Waals surface area contributed by atoms with Crippen LogP contribution in [0, 0.1) is 0 Å². The Bertz CT molecular complexity index is 1730. The Hall–Kier alpha value is -4.63. The molecule has 6 aromatic rings. The lowest BCUT2D eigenvalue weighted by Gasteiger charge is -2.22. The zero-order chi connectivity index (χ0) is 25.0. The number of benzene rings is 5. The average Bonchev–Trinajstić information content (AvgIpc) is 3.18. The minimum Gasteiger partial charge on any atom is -0.208 e. The molecule has 0 radical (unpaired) electrons. The molecule has 0 atom stereocenters. The fourth-order valence-corrected chi connectivity index (χ4v) is 5.59. The van der Waals surface area contributed by atoms with Crippen LogP contribution in [0.4, 0.5) is 0 Å². The van der Waals surface area contributed by atoms with E-state index in [9.17, 15) is 0 Å². The predicted octanol–water partition coefficient (Wildman–Crippen LogP) is 8.33. The van der Waals surface area contributed by atoms with E-state index in [0.29, 0.717) is 17.5 Å². The SMILES string of the molecule is CC1(C)c2cc3ccccc3cc2-c2c(-c3nc(-c4ccccc4)nc(-c4ccccc4)n3)cccc21. The largest absolute Gasteiger partial charge is 0.208 e. The van der Waals surface area contributed by atoms with Gasteiger partial charge in [0.2, 0.25) is 0 Å². The van der Waals surface area contributed by atoms with Gasteiger partial charge in [-0.3, -0.25) is 0 Å². The second-order valence-electron chi connectivity index (χ2n) is 10.1. The maximum Gasteiger partial charge on any atom is 0.164 e. The van der Waals surface area contributed by atoms with Crippen molar-refractivity contribution in [2.75, 3.05) is 0 Å². The highest BCUT2D eigenvalue weighted by molar-refractivity contribution is 5.97. The van der Waals surface area contributed by atoms with Crippen molar-refractivity contribution in [2.45, 2.75) is 19.3 Å². The zero-order valence-electron chi connectivity index (χ0n) is 20.8. The van der Waals surface area contributed by atoms with E-state index >= 15 is 0 Å². The molecule has 1 aliphatic rings. The monoisotopic (exact) mass is 475 g/mol. The van der Waals surface area contributed by atoms with Gasteiger partial charge in [0.05, 0.1) is 0 Å². The summed E-state index contributed by atoms with van der Waals surface area (Å²) >= 11 is 0. The lowest BCUT2D eigenvalue weighted by Crippen LogP contribution is -2.15. The third-order valence-electron chi connectivity index (χ3n) is 7.51. The lowest BCUT2D eigenvalue weighted by molar-refractivity contribution is 0.661. The van der Waals surface area contributed by atoms with Gasteiger partial charge >= 0.3 is 0 Å². The third kappa shape index (κ3) is 3.47. The molecule has 0 bridgehead atoms. The first-order valence-electron chi connectivity index (χ1n) is 12.6. The van der Waals surface area contributed by atoms with Crippen LogP contribution in [0.1, 0.15) is 25.0 Å². The van der Waals surface area contributed by atoms with Gasteiger partial charge in [0, 0.05) is 22.1 Å². The Labute approximate surface area is 216 Å². The Morgan fingerprint density at radius 2 is 1.00 bits per heavy atom. The summed E-state index contributed by atoms with van der Waals surface area (Å²) in [7, 11) is 0. The zero-order valence-corrected chi connectivity index (χ0v) is 20.8. The number of hydrogen-bond acceptors (Lipinski definition) is 3. The highest BCUT2D eigenvalue weighted by atomic mass is 15.0. The number of fused-ring (bicyclic) bond motifs is 4. The van der Waals surface area contributed by atoms with Crippen molar-refractivity contribution in [3.63, 3.8) is 0 Å². The molecule has 0 spiro atoms. The topological polar surface area (TPSA) is 38.7 Å². The van der Waals surface area contributed by atoms with Crippen molar-refractivity contribution < 1.29 is 0 Å². The standard InChI is InChI=1S/C34H25N3/c1-34(2)28-19-11-18-26(30(28)27-20-24-16-9-10-17-25(24)21-29(27)34)33-36-31(22-12-5-3-6-13-22)35-32(37-33)23-14-7-4-8-15-23/h3-21H,1-2H3. The first kappa shape index (κ1) is 21.6. The quantitative estimate of drug-likeness (QED) is 0.258. The van der Waals surface area contributed by atoms with Gasteiger partial charge in [0.25, 0.3) is 0 Å². The number of hydrogen-bond donors (Lipinski definition) is 0. The van der Waals surface area contributed by atoms with Gasteiger partial charge in [0.1, 0.15) is 0 Å². The van der Waals surface area contributed by atoms with Crippen molar-refractivity contribution in [1.29, 1.82) is 0 Å². The van der Waals surface area contributed by atoms with Crippen LogP contribution < -0.4 is 0 Å². The highest BCUT2D eigenvalue weighted by Gasteiger charge is 2.37. The van der Waals surface area contributed by atoms with E-state index in [1.807, 2.05) is 60.7 Å². The van der Waals surface area contributed by atoms with Gasteiger partial charge < -0.3 is 0 Å². The molecule has 176 valence electrons. The first-order chi connectivity index (χ1) is 18.1. The second-order valence-corrected chi connectivity index (χ2v) is 10.1. The molecule has 1 heterocycles. The molecule has 37 heavy (non-hydrogen) atoms. The molecule has 0 fully saturated rings. The summed E-state index contributed by atoms with van der Waals surface area (Å²) in [6, 6.07) is 40.1. The van der Waals surface area contributed by atoms with Crippen molar-refractivity contribution in [2.24, 2.45) is 0 Å². The molecule has 1 aromatic heterocycles. The summed E-state index contributed by atoms with van der Waals surface area (Å²) in [6.07, 6.45) is 0. The normalized spacial score (nSPS) is 13.4. The minimum absolute atomic E-state index is 0.123. The molecule has 0 saturated heterocycles. The number of nitrogens with zero attached hydrogens (tertiary/aromatic N) is 3. The van der Waals surface area contributed by atoms with Crippen LogP contribution in [0.15, 0.2) is 115 Å². The average molecular weight is 476 g/mol. The van der Waals surface area contributed by atoms with Crippen molar-refractivity contribution >= 4 is 10.8 Å². The van der Waals surface area contributed by atoms with Crippen LogP contribution >= 0.6 is 0 Å². The summed E-state index contributed by atoms with van der Waals surface area (Å²) in [6.45, 7) is 4.63. The highest BCUT2D eigenvalue weighted by Crippen LogP contribution is 2.52. The molecule has 0 N–H and O–H groups in total. The maximum absolute atomic E-state index is 5.04. The van der Waals surface area contributed by atoms with Gasteiger partial charge in [0.15, 0.2) is 17.5 Å². The lowest BCUT2D eigenvalue weighted by atomic mass is 9.81. The maximum atomic E-state index is 5.04. The van der Waals surface area contributed by atoms with Crippen LogP contribution in [-0.2, 0) is 5.41 Å². The van der Waals surface area contributed by atoms with Gasteiger partial charge in [-0.15, -0.1) is 0 Å². The first-order valence-corrected chi connectivity index (χ1v) is 12.6. The molecule has 5 aromatic carbocycles. The van der Waals surface area contributed by atoms with Crippen LogP contribution in [0.25, 0.3) is 56.1 Å². The van der Waals surface area contributed by atoms with Crippen molar-refractivity contribution in [3.05, 3.63) is 126 Å². The Balaban J connectivity index is 1.51. The van der Waals surface area contributed by atoms with Crippen LogP contribution in [0.2, 0.25) is 0 Å². The molecule has 1 aliphatic carbocycles. The summed E-state index contributed by atoms with van der Waals surface area (Å²) in [5.41, 5.74) is 7.99. The van der Waals surface area contributed by atoms with E-state index in [0.717, 1.165) is 16.7 Å². The van der Waals surface area contributed by atoms with E-state index in [-0.39, 0.29) is 5.41 Å². The summed E-state index contributed by atoms with van der Waals surface area (Å²) in [5.74, 6) is 2.05. The van der Waals surface area contributed by atoms with Gasteiger partial charge in [-0.2, -0.15) is 0 Å². The molecule has 0 unspecified atom stereocenters. The molecule has 3 heteroatoms. The van der Waals surface area contributed by atoms with Crippen LogP contribution in [0.5, 0.6) is 0 Å².